The first-order valence-corrected chi connectivity index (χ1v) is 7.19. The molecule has 0 radical (unpaired) electrons. The molecule has 1 atom stereocenters. The molecule has 1 aromatic carbocycles. The molecule has 0 aliphatic heterocycles. The van der Waals surface area contributed by atoms with Crippen LogP contribution in [0.25, 0.3) is 11.0 Å². The van der Waals surface area contributed by atoms with Crippen LogP contribution in [-0.4, -0.2) is 46.8 Å². The molecule has 3 N–H and O–H groups in total. The van der Waals surface area contributed by atoms with Crippen molar-refractivity contribution in [3.63, 3.8) is 0 Å². The van der Waals surface area contributed by atoms with Gasteiger partial charge in [0.1, 0.15) is 0 Å². The molecular weight excluding hydrogens is 270 g/mol. The number of rotatable bonds is 7. The average Bonchev–Trinajstić information content (AvgIpc) is 3.19. The van der Waals surface area contributed by atoms with Crippen LogP contribution in [0.2, 0.25) is 0 Å². The van der Waals surface area contributed by atoms with Gasteiger partial charge in [-0.05, 0) is 37.0 Å². The number of carbonyl (C=O) groups excluding carboxylic acids is 1. The summed E-state index contributed by atoms with van der Waals surface area (Å²) in [6.45, 7) is 1.16. The van der Waals surface area contributed by atoms with Crippen LogP contribution in [0, 0.1) is 5.92 Å². The minimum Gasteiger partial charge on any atom is -0.389 e. The standard InChI is InChI=1S/C15H19N3O3/c19-12(8-21-7-10-1-2-10)6-16-15(20)11-3-4-13-14(5-11)18-9-17-13/h3-5,9-10,12,19H,1-2,6-8H2,(H,16,20)(H,17,18). The molecular formula is C15H19N3O3. The van der Waals surface area contributed by atoms with E-state index in [9.17, 15) is 9.90 Å². The maximum Gasteiger partial charge on any atom is 0.251 e. The molecule has 1 heterocycles. The van der Waals surface area contributed by atoms with Gasteiger partial charge in [-0.25, -0.2) is 4.98 Å². The fraction of sp³-hybridized carbons (Fsp3) is 0.467. The van der Waals surface area contributed by atoms with Gasteiger partial charge in [0, 0.05) is 18.7 Å². The van der Waals surface area contributed by atoms with E-state index >= 15 is 0 Å². The number of aliphatic hydroxyl groups is 1. The van der Waals surface area contributed by atoms with Crippen molar-refractivity contribution in [2.24, 2.45) is 5.92 Å². The maximum absolute atomic E-state index is 12.0. The Bertz CT molecular complexity index is 621. The number of ether oxygens (including phenoxy) is 1. The SMILES string of the molecule is O=C(NCC(O)COCC1CC1)c1ccc2nc[nH]c2c1. The molecule has 1 amide bonds. The van der Waals surface area contributed by atoms with Crippen LogP contribution < -0.4 is 5.32 Å². The van der Waals surface area contributed by atoms with Crippen molar-refractivity contribution in [2.45, 2.75) is 18.9 Å². The first kappa shape index (κ1) is 14.0. The van der Waals surface area contributed by atoms with Crippen molar-refractivity contribution in [3.05, 3.63) is 30.1 Å². The molecule has 3 rings (SSSR count). The van der Waals surface area contributed by atoms with Crippen LogP contribution >= 0.6 is 0 Å². The molecule has 6 nitrogen and oxygen atoms in total. The number of nitrogens with zero attached hydrogens (tertiary/aromatic N) is 1. The van der Waals surface area contributed by atoms with Gasteiger partial charge in [-0.2, -0.15) is 0 Å². The number of H-pyrrole nitrogens is 1. The van der Waals surface area contributed by atoms with Gasteiger partial charge in [0.25, 0.3) is 5.91 Å². The van der Waals surface area contributed by atoms with Crippen molar-refractivity contribution < 1.29 is 14.6 Å². The van der Waals surface area contributed by atoms with Gasteiger partial charge in [-0.1, -0.05) is 0 Å². The highest BCUT2D eigenvalue weighted by molar-refractivity contribution is 5.97. The van der Waals surface area contributed by atoms with Crippen molar-refractivity contribution in [1.82, 2.24) is 15.3 Å². The van der Waals surface area contributed by atoms with Gasteiger partial charge in [0.2, 0.25) is 0 Å². The van der Waals surface area contributed by atoms with Gasteiger partial charge in [0.15, 0.2) is 0 Å². The lowest BCUT2D eigenvalue weighted by atomic mass is 10.2. The summed E-state index contributed by atoms with van der Waals surface area (Å²) >= 11 is 0. The second kappa shape index (κ2) is 6.24. The topological polar surface area (TPSA) is 87.2 Å². The monoisotopic (exact) mass is 289 g/mol. The molecule has 2 aromatic rings. The smallest absolute Gasteiger partial charge is 0.251 e. The molecule has 0 saturated heterocycles. The zero-order valence-electron chi connectivity index (χ0n) is 11.7. The van der Waals surface area contributed by atoms with E-state index in [4.69, 9.17) is 4.74 Å². The third-order valence-corrected chi connectivity index (χ3v) is 3.54. The Morgan fingerprint density at radius 2 is 2.38 bits per heavy atom. The summed E-state index contributed by atoms with van der Waals surface area (Å²) in [7, 11) is 0. The molecule has 1 unspecified atom stereocenters. The first-order valence-electron chi connectivity index (χ1n) is 7.19. The molecule has 21 heavy (non-hydrogen) atoms. The summed E-state index contributed by atoms with van der Waals surface area (Å²) < 4.78 is 5.39. The van der Waals surface area contributed by atoms with Crippen molar-refractivity contribution in [3.8, 4) is 0 Å². The van der Waals surface area contributed by atoms with Crippen molar-refractivity contribution >= 4 is 16.9 Å². The van der Waals surface area contributed by atoms with Gasteiger partial charge < -0.3 is 20.1 Å². The van der Waals surface area contributed by atoms with Gasteiger partial charge >= 0.3 is 0 Å². The number of carbonyl (C=O) groups is 1. The van der Waals surface area contributed by atoms with Crippen LogP contribution in [0.1, 0.15) is 23.2 Å². The number of hydrogen-bond acceptors (Lipinski definition) is 4. The highest BCUT2D eigenvalue weighted by atomic mass is 16.5. The van der Waals surface area contributed by atoms with E-state index in [1.54, 1.807) is 24.5 Å². The second-order valence-electron chi connectivity index (χ2n) is 5.48. The molecule has 6 heteroatoms. The summed E-state index contributed by atoms with van der Waals surface area (Å²) in [4.78, 5) is 19.1. The summed E-state index contributed by atoms with van der Waals surface area (Å²) in [6.07, 6.45) is 3.36. The minimum atomic E-state index is -0.677. The van der Waals surface area contributed by atoms with Gasteiger partial charge in [0.05, 0.1) is 30.1 Å². The van der Waals surface area contributed by atoms with Crippen LogP contribution in [0.15, 0.2) is 24.5 Å². The molecule has 1 aromatic heterocycles. The Labute approximate surface area is 122 Å². The summed E-state index contributed by atoms with van der Waals surface area (Å²) in [5.41, 5.74) is 2.17. The van der Waals surface area contributed by atoms with Crippen LogP contribution in [0.3, 0.4) is 0 Å². The number of nitrogens with one attached hydrogen (secondary N) is 2. The van der Waals surface area contributed by atoms with E-state index in [0.717, 1.165) is 11.0 Å². The molecule has 0 spiro atoms. The second-order valence-corrected chi connectivity index (χ2v) is 5.48. The number of imidazole rings is 1. The third kappa shape index (κ3) is 3.80. The van der Waals surface area contributed by atoms with Crippen molar-refractivity contribution in [1.29, 1.82) is 0 Å². The van der Waals surface area contributed by atoms with Crippen molar-refractivity contribution in [2.75, 3.05) is 19.8 Å². The van der Waals surface area contributed by atoms with Gasteiger partial charge in [-0.3, -0.25) is 4.79 Å². The molecule has 1 saturated carbocycles. The molecule has 1 fully saturated rings. The molecule has 112 valence electrons. The summed E-state index contributed by atoms with van der Waals surface area (Å²) in [5.74, 6) is 0.459. The number of fused-ring (bicyclic) bond motifs is 1. The van der Waals surface area contributed by atoms with Crippen LogP contribution in [-0.2, 0) is 4.74 Å². The minimum absolute atomic E-state index is 0.185. The Hall–Kier alpha value is -1.92. The zero-order chi connectivity index (χ0) is 14.7. The maximum atomic E-state index is 12.0. The fourth-order valence-corrected chi connectivity index (χ4v) is 2.10. The Balaban J connectivity index is 1.46. The predicted molar refractivity (Wildman–Crippen MR) is 78.0 cm³/mol. The first-order chi connectivity index (χ1) is 10.2. The zero-order valence-corrected chi connectivity index (χ0v) is 11.7. The van der Waals surface area contributed by atoms with E-state index in [-0.39, 0.29) is 19.1 Å². The lowest BCUT2D eigenvalue weighted by Crippen LogP contribution is -2.34. The largest absolute Gasteiger partial charge is 0.389 e. The van der Waals surface area contributed by atoms with Crippen LogP contribution in [0.5, 0.6) is 0 Å². The lowest BCUT2D eigenvalue weighted by molar-refractivity contribution is 0.0321. The number of hydrogen-bond donors (Lipinski definition) is 3. The number of aromatic amines is 1. The molecule has 1 aliphatic rings. The highest BCUT2D eigenvalue weighted by Gasteiger charge is 2.21. The quantitative estimate of drug-likeness (QED) is 0.712. The summed E-state index contributed by atoms with van der Waals surface area (Å²) in [6, 6.07) is 5.25. The number of amides is 1. The lowest BCUT2D eigenvalue weighted by Gasteiger charge is -2.12. The average molecular weight is 289 g/mol. The van der Waals surface area contributed by atoms with E-state index in [2.05, 4.69) is 15.3 Å². The van der Waals surface area contributed by atoms with Gasteiger partial charge in [-0.15, -0.1) is 0 Å². The van der Waals surface area contributed by atoms with E-state index in [0.29, 0.717) is 18.1 Å². The van der Waals surface area contributed by atoms with E-state index in [1.807, 2.05) is 0 Å². The summed E-state index contributed by atoms with van der Waals surface area (Å²) in [5, 5.41) is 12.5. The highest BCUT2D eigenvalue weighted by Crippen LogP contribution is 2.28. The predicted octanol–water partition coefficient (Wildman–Crippen LogP) is 1.08. The normalized spacial score (nSPS) is 16.0. The number of benzene rings is 1. The molecule has 1 aliphatic carbocycles. The fourth-order valence-electron chi connectivity index (χ4n) is 2.10. The number of aliphatic hydroxyl groups excluding tert-OH is 1. The Kier molecular flexibility index (Phi) is 4.17. The Morgan fingerprint density at radius 3 is 3.19 bits per heavy atom. The molecule has 0 bridgehead atoms. The third-order valence-electron chi connectivity index (χ3n) is 3.54. The van der Waals surface area contributed by atoms with Crippen LogP contribution in [0.4, 0.5) is 0 Å². The Morgan fingerprint density at radius 1 is 1.52 bits per heavy atom. The van der Waals surface area contributed by atoms with E-state index < -0.39 is 6.10 Å². The van der Waals surface area contributed by atoms with E-state index in [1.165, 1.54) is 12.8 Å². The number of aromatic nitrogens is 2.